The van der Waals surface area contributed by atoms with E-state index in [4.69, 9.17) is 10.5 Å². The summed E-state index contributed by atoms with van der Waals surface area (Å²) in [6.45, 7) is 8.06. The number of guanidine groups is 1. The third-order valence-corrected chi connectivity index (χ3v) is 3.07. The van der Waals surface area contributed by atoms with Gasteiger partial charge in [0.15, 0.2) is 5.96 Å². The highest BCUT2D eigenvalue weighted by atomic mass is 127. The van der Waals surface area contributed by atoms with E-state index in [9.17, 15) is 9.59 Å². The number of aliphatic imine (C=N–C) groups is 1. The Kier molecular flexibility index (Phi) is 9.25. The molecule has 0 aliphatic carbocycles. The summed E-state index contributed by atoms with van der Waals surface area (Å²) in [5, 5.41) is 0. The van der Waals surface area contributed by atoms with Gasteiger partial charge in [0.2, 0.25) is 0 Å². The van der Waals surface area contributed by atoms with Crippen LogP contribution < -0.4 is 5.73 Å². The molecule has 0 spiro atoms. The fourth-order valence-electron chi connectivity index (χ4n) is 1.91. The van der Waals surface area contributed by atoms with Crippen molar-refractivity contribution in [2.75, 3.05) is 39.8 Å². The van der Waals surface area contributed by atoms with Crippen molar-refractivity contribution in [1.82, 2.24) is 9.80 Å². The van der Waals surface area contributed by atoms with Crippen LogP contribution in [0.25, 0.3) is 0 Å². The third-order valence-electron chi connectivity index (χ3n) is 3.07. The van der Waals surface area contributed by atoms with Gasteiger partial charge in [-0.15, -0.1) is 24.0 Å². The fourth-order valence-corrected chi connectivity index (χ4v) is 1.91. The average Bonchev–Trinajstić information content (AvgIpc) is 2.45. The van der Waals surface area contributed by atoms with Gasteiger partial charge in [0.05, 0.1) is 20.1 Å². The van der Waals surface area contributed by atoms with Crippen LogP contribution in [0.3, 0.4) is 0 Å². The first-order valence-electron chi connectivity index (χ1n) is 7.32. The zero-order valence-corrected chi connectivity index (χ0v) is 16.5. The number of amides is 1. The highest BCUT2D eigenvalue weighted by molar-refractivity contribution is 14.0. The SMILES string of the molecule is COC(=O)CCN=C(N)N1CCN(C(=O)OC(C)(C)C)CC1.I. The van der Waals surface area contributed by atoms with Crippen LogP contribution in [0, 0.1) is 0 Å². The van der Waals surface area contributed by atoms with Gasteiger partial charge in [0.25, 0.3) is 0 Å². The zero-order chi connectivity index (χ0) is 16.8. The van der Waals surface area contributed by atoms with Crippen LogP contribution in [-0.4, -0.2) is 73.3 Å². The molecule has 1 saturated heterocycles. The summed E-state index contributed by atoms with van der Waals surface area (Å²) in [6.07, 6.45) is -0.108. The van der Waals surface area contributed by atoms with Gasteiger partial charge in [-0.25, -0.2) is 4.79 Å². The van der Waals surface area contributed by atoms with Gasteiger partial charge in [-0.1, -0.05) is 0 Å². The number of nitrogens with two attached hydrogens (primary N) is 1. The van der Waals surface area contributed by atoms with E-state index in [0.29, 0.717) is 38.7 Å². The number of piperazine rings is 1. The second kappa shape index (κ2) is 9.78. The molecule has 0 unspecified atom stereocenters. The lowest BCUT2D eigenvalue weighted by Gasteiger charge is -2.36. The molecule has 0 radical (unpaired) electrons. The molecule has 9 heteroatoms. The fraction of sp³-hybridized carbons (Fsp3) is 0.786. The van der Waals surface area contributed by atoms with Crippen LogP contribution in [0.1, 0.15) is 27.2 Å². The van der Waals surface area contributed by atoms with Gasteiger partial charge in [-0.2, -0.15) is 0 Å². The van der Waals surface area contributed by atoms with E-state index >= 15 is 0 Å². The lowest BCUT2D eigenvalue weighted by molar-refractivity contribution is -0.140. The molecule has 0 aromatic carbocycles. The van der Waals surface area contributed by atoms with Gasteiger partial charge in [0.1, 0.15) is 5.60 Å². The predicted molar refractivity (Wildman–Crippen MR) is 97.9 cm³/mol. The van der Waals surface area contributed by atoms with Crippen molar-refractivity contribution < 1.29 is 19.1 Å². The van der Waals surface area contributed by atoms with Crippen LogP contribution in [0.2, 0.25) is 0 Å². The molecule has 1 rings (SSSR count). The molecule has 1 amide bonds. The first kappa shape index (κ1) is 21.7. The molecule has 1 aliphatic rings. The summed E-state index contributed by atoms with van der Waals surface area (Å²) in [5.74, 6) is 0.0686. The minimum Gasteiger partial charge on any atom is -0.469 e. The zero-order valence-electron chi connectivity index (χ0n) is 14.2. The van der Waals surface area contributed by atoms with Crippen LogP contribution in [0.4, 0.5) is 4.79 Å². The smallest absolute Gasteiger partial charge is 0.410 e. The van der Waals surface area contributed by atoms with Crippen LogP contribution in [-0.2, 0) is 14.3 Å². The minimum absolute atomic E-state index is 0. The van der Waals surface area contributed by atoms with E-state index in [2.05, 4.69) is 9.73 Å². The number of ether oxygens (including phenoxy) is 2. The van der Waals surface area contributed by atoms with Gasteiger partial charge in [-0.05, 0) is 20.8 Å². The first-order chi connectivity index (χ1) is 10.2. The maximum absolute atomic E-state index is 11.9. The Morgan fingerprint density at radius 3 is 2.13 bits per heavy atom. The molecule has 0 bridgehead atoms. The van der Waals surface area contributed by atoms with E-state index in [1.54, 1.807) is 4.90 Å². The number of hydrogen-bond donors (Lipinski definition) is 1. The quantitative estimate of drug-likeness (QED) is 0.304. The van der Waals surface area contributed by atoms with E-state index in [1.807, 2.05) is 25.7 Å². The Hall–Kier alpha value is -1.26. The summed E-state index contributed by atoms with van der Waals surface area (Å²) in [4.78, 5) is 30.6. The maximum Gasteiger partial charge on any atom is 0.410 e. The topological polar surface area (TPSA) is 97.5 Å². The van der Waals surface area contributed by atoms with E-state index in [0.717, 1.165) is 0 Å². The van der Waals surface area contributed by atoms with Crippen LogP contribution in [0.5, 0.6) is 0 Å². The number of nitrogens with zero attached hydrogens (tertiary/aromatic N) is 3. The molecule has 23 heavy (non-hydrogen) atoms. The number of carbonyl (C=O) groups excluding carboxylic acids is 2. The number of carbonyl (C=O) groups is 2. The van der Waals surface area contributed by atoms with E-state index in [1.165, 1.54) is 7.11 Å². The van der Waals surface area contributed by atoms with E-state index in [-0.39, 0.29) is 42.5 Å². The molecular weight excluding hydrogens is 415 g/mol. The maximum atomic E-state index is 11.9. The second-order valence-electron chi connectivity index (χ2n) is 6.02. The van der Waals surface area contributed by atoms with Crippen LogP contribution in [0.15, 0.2) is 4.99 Å². The Morgan fingerprint density at radius 1 is 1.13 bits per heavy atom. The first-order valence-corrected chi connectivity index (χ1v) is 7.32. The molecule has 0 atom stereocenters. The van der Waals surface area contributed by atoms with Crippen molar-refractivity contribution in [2.24, 2.45) is 10.7 Å². The van der Waals surface area contributed by atoms with Gasteiger partial charge in [-0.3, -0.25) is 9.79 Å². The number of hydrogen-bond acceptors (Lipinski definition) is 5. The highest BCUT2D eigenvalue weighted by Gasteiger charge is 2.26. The molecular formula is C14H27IN4O4. The van der Waals surface area contributed by atoms with Gasteiger partial charge < -0.3 is 25.0 Å². The number of halogens is 1. The van der Waals surface area contributed by atoms with Crippen molar-refractivity contribution in [3.05, 3.63) is 0 Å². The number of rotatable bonds is 3. The summed E-state index contributed by atoms with van der Waals surface area (Å²) in [7, 11) is 1.34. The molecule has 0 saturated carbocycles. The van der Waals surface area contributed by atoms with Crippen molar-refractivity contribution in [2.45, 2.75) is 32.8 Å². The number of esters is 1. The number of methoxy groups -OCH3 is 1. The molecule has 2 N–H and O–H groups in total. The Bertz CT molecular complexity index is 429. The second-order valence-corrected chi connectivity index (χ2v) is 6.02. The van der Waals surface area contributed by atoms with Crippen molar-refractivity contribution in [3.63, 3.8) is 0 Å². The van der Waals surface area contributed by atoms with Crippen molar-refractivity contribution in [3.8, 4) is 0 Å². The van der Waals surface area contributed by atoms with Gasteiger partial charge >= 0.3 is 12.1 Å². The average molecular weight is 442 g/mol. The lowest BCUT2D eigenvalue weighted by Crippen LogP contribution is -2.53. The largest absolute Gasteiger partial charge is 0.469 e. The summed E-state index contributed by atoms with van der Waals surface area (Å²) in [5.41, 5.74) is 5.39. The van der Waals surface area contributed by atoms with Gasteiger partial charge in [0, 0.05) is 26.2 Å². The molecule has 134 valence electrons. The Morgan fingerprint density at radius 2 is 1.65 bits per heavy atom. The normalized spacial score (nSPS) is 15.7. The predicted octanol–water partition coefficient (Wildman–Crippen LogP) is 1.03. The molecule has 0 aromatic rings. The molecule has 8 nitrogen and oxygen atoms in total. The van der Waals surface area contributed by atoms with Crippen molar-refractivity contribution in [1.29, 1.82) is 0 Å². The molecule has 0 aromatic heterocycles. The van der Waals surface area contributed by atoms with Crippen LogP contribution >= 0.6 is 24.0 Å². The van der Waals surface area contributed by atoms with E-state index < -0.39 is 5.60 Å². The Balaban J connectivity index is 0.00000484. The lowest BCUT2D eigenvalue weighted by atomic mass is 10.2. The van der Waals surface area contributed by atoms with Crippen molar-refractivity contribution >= 4 is 42.0 Å². The minimum atomic E-state index is -0.497. The standard InChI is InChI=1S/C14H26N4O4.HI/c1-14(2,3)22-13(20)18-9-7-17(8-10-18)12(15)16-6-5-11(19)21-4;/h5-10H2,1-4H3,(H2,15,16);1H. The molecule has 1 aliphatic heterocycles. The molecule has 1 fully saturated rings. The summed E-state index contributed by atoms with van der Waals surface area (Å²) >= 11 is 0. The summed E-state index contributed by atoms with van der Waals surface area (Å²) < 4.78 is 9.87. The summed E-state index contributed by atoms with van der Waals surface area (Å²) in [6, 6.07) is 0. The highest BCUT2D eigenvalue weighted by Crippen LogP contribution is 2.11. The monoisotopic (exact) mass is 442 g/mol. The third kappa shape index (κ3) is 8.24. The Labute approximate surface area is 154 Å². The molecule has 1 heterocycles.